The number of allylic oxidation sites excluding steroid dienone is 3. The van der Waals surface area contributed by atoms with Crippen molar-refractivity contribution in [2.24, 2.45) is 0 Å². The standard InChI is InChI=1S/C13H13NS.C2H6/c1-3-7-12-10(4-2)14-11-8-5-6-9-13(11)15-12;1-2/h3-9,14H,1H2,2H3;1-2H3/b10-4+,12-7+;. The third-order valence-corrected chi connectivity index (χ3v) is 3.35. The maximum absolute atomic E-state index is 3.73. The van der Waals surface area contributed by atoms with Gasteiger partial charge in [0.05, 0.1) is 5.69 Å². The van der Waals surface area contributed by atoms with Crippen LogP contribution >= 0.6 is 11.8 Å². The lowest BCUT2D eigenvalue weighted by molar-refractivity contribution is 1.32. The zero-order valence-corrected chi connectivity index (χ0v) is 11.5. The summed E-state index contributed by atoms with van der Waals surface area (Å²) < 4.78 is 0. The van der Waals surface area contributed by atoms with Crippen LogP contribution in [0.3, 0.4) is 0 Å². The van der Waals surface area contributed by atoms with Gasteiger partial charge in [-0.15, -0.1) is 0 Å². The summed E-state index contributed by atoms with van der Waals surface area (Å²) in [5, 5.41) is 3.41. The molecule has 2 rings (SSSR count). The molecule has 1 aliphatic heterocycles. The molecule has 1 heterocycles. The summed E-state index contributed by atoms with van der Waals surface area (Å²) in [5.41, 5.74) is 2.33. The summed E-state index contributed by atoms with van der Waals surface area (Å²) in [6, 6.07) is 8.31. The maximum Gasteiger partial charge on any atom is 0.0526 e. The van der Waals surface area contributed by atoms with Crippen LogP contribution in [0.4, 0.5) is 5.69 Å². The first-order chi connectivity index (χ1) is 8.35. The van der Waals surface area contributed by atoms with Crippen LogP contribution in [0.25, 0.3) is 0 Å². The Morgan fingerprint density at radius 3 is 2.59 bits per heavy atom. The van der Waals surface area contributed by atoms with Gasteiger partial charge in [0.2, 0.25) is 0 Å². The molecule has 0 saturated heterocycles. The molecule has 0 fully saturated rings. The summed E-state index contributed by atoms with van der Waals surface area (Å²) >= 11 is 1.77. The number of benzene rings is 1. The van der Waals surface area contributed by atoms with Gasteiger partial charge in [-0.05, 0) is 25.1 Å². The van der Waals surface area contributed by atoms with Gasteiger partial charge in [0.1, 0.15) is 0 Å². The molecule has 90 valence electrons. The number of fused-ring (bicyclic) bond motifs is 1. The van der Waals surface area contributed by atoms with Crippen molar-refractivity contribution < 1.29 is 0 Å². The molecule has 1 nitrogen and oxygen atoms in total. The minimum atomic E-state index is 1.15. The first kappa shape index (κ1) is 13.7. The van der Waals surface area contributed by atoms with Crippen molar-refractivity contribution in [2.75, 3.05) is 5.32 Å². The molecule has 2 heteroatoms. The van der Waals surface area contributed by atoms with Crippen LogP contribution in [-0.4, -0.2) is 0 Å². The van der Waals surface area contributed by atoms with Crippen molar-refractivity contribution in [3.8, 4) is 0 Å². The topological polar surface area (TPSA) is 12.0 Å². The second-order valence-corrected chi connectivity index (χ2v) is 4.28. The highest BCUT2D eigenvalue weighted by Crippen LogP contribution is 2.41. The molecule has 1 aromatic carbocycles. The van der Waals surface area contributed by atoms with E-state index in [4.69, 9.17) is 0 Å². The molecular formula is C15H19NS. The molecule has 0 radical (unpaired) electrons. The van der Waals surface area contributed by atoms with E-state index in [9.17, 15) is 0 Å². The fourth-order valence-electron chi connectivity index (χ4n) is 1.48. The van der Waals surface area contributed by atoms with Gasteiger partial charge in [-0.25, -0.2) is 0 Å². The molecule has 0 unspecified atom stereocenters. The molecule has 0 amide bonds. The minimum Gasteiger partial charge on any atom is -0.354 e. The second kappa shape index (κ2) is 7.02. The Balaban J connectivity index is 0.000000686. The Morgan fingerprint density at radius 1 is 1.24 bits per heavy atom. The Hall–Kier alpha value is -1.41. The molecule has 1 aliphatic rings. The fourth-order valence-corrected chi connectivity index (χ4v) is 2.54. The Bertz CT molecular complexity index is 444. The summed E-state index contributed by atoms with van der Waals surface area (Å²) in [4.78, 5) is 2.47. The summed E-state index contributed by atoms with van der Waals surface area (Å²) in [6.45, 7) is 9.77. The Labute approximate surface area is 108 Å². The third kappa shape index (κ3) is 3.27. The van der Waals surface area contributed by atoms with E-state index in [1.807, 2.05) is 39.0 Å². The van der Waals surface area contributed by atoms with E-state index in [2.05, 4.69) is 36.2 Å². The molecule has 0 atom stereocenters. The normalized spacial score (nSPS) is 17.8. The van der Waals surface area contributed by atoms with Gasteiger partial charge >= 0.3 is 0 Å². The maximum atomic E-state index is 3.73. The molecule has 0 aromatic heterocycles. The van der Waals surface area contributed by atoms with E-state index in [0.29, 0.717) is 0 Å². The van der Waals surface area contributed by atoms with Crippen LogP contribution < -0.4 is 5.32 Å². The summed E-state index contributed by atoms with van der Waals surface area (Å²) in [6.07, 6.45) is 5.93. The van der Waals surface area contributed by atoms with Gasteiger partial charge in [0.25, 0.3) is 0 Å². The lowest BCUT2D eigenvalue weighted by Crippen LogP contribution is -2.06. The number of para-hydroxylation sites is 1. The second-order valence-electron chi connectivity index (χ2n) is 3.19. The number of rotatable bonds is 1. The van der Waals surface area contributed by atoms with Gasteiger partial charge in [-0.3, -0.25) is 0 Å². The molecule has 0 aliphatic carbocycles. The molecule has 0 saturated carbocycles. The van der Waals surface area contributed by atoms with E-state index in [-0.39, 0.29) is 0 Å². The van der Waals surface area contributed by atoms with Gasteiger partial charge in [-0.2, -0.15) is 0 Å². The van der Waals surface area contributed by atoms with Gasteiger partial charge in [0.15, 0.2) is 0 Å². The predicted octanol–water partition coefficient (Wildman–Crippen LogP) is 5.20. The average Bonchev–Trinajstić information content (AvgIpc) is 2.40. The van der Waals surface area contributed by atoms with Crippen LogP contribution in [0, 0.1) is 0 Å². The van der Waals surface area contributed by atoms with Crippen LogP contribution in [-0.2, 0) is 0 Å². The largest absolute Gasteiger partial charge is 0.354 e. The number of hydrogen-bond donors (Lipinski definition) is 1. The highest BCUT2D eigenvalue weighted by atomic mass is 32.2. The van der Waals surface area contributed by atoms with E-state index in [1.165, 1.54) is 15.5 Å². The van der Waals surface area contributed by atoms with Gasteiger partial charge in [-0.1, -0.05) is 56.5 Å². The van der Waals surface area contributed by atoms with Crippen molar-refractivity contribution in [3.05, 3.63) is 59.7 Å². The van der Waals surface area contributed by atoms with Crippen molar-refractivity contribution in [1.29, 1.82) is 0 Å². The lowest BCUT2D eigenvalue weighted by Gasteiger charge is -2.22. The lowest BCUT2D eigenvalue weighted by atomic mass is 10.2. The monoisotopic (exact) mass is 245 g/mol. The highest BCUT2D eigenvalue weighted by molar-refractivity contribution is 8.03. The van der Waals surface area contributed by atoms with Crippen LogP contribution in [0.2, 0.25) is 0 Å². The summed E-state index contributed by atoms with van der Waals surface area (Å²) in [7, 11) is 0. The molecular weight excluding hydrogens is 226 g/mol. The van der Waals surface area contributed by atoms with Crippen molar-refractivity contribution in [1.82, 2.24) is 0 Å². The minimum absolute atomic E-state index is 1.15. The van der Waals surface area contributed by atoms with E-state index >= 15 is 0 Å². The predicted molar refractivity (Wildman–Crippen MR) is 79.3 cm³/mol. The van der Waals surface area contributed by atoms with Crippen LogP contribution in [0.1, 0.15) is 20.8 Å². The van der Waals surface area contributed by atoms with Crippen LogP contribution in [0.5, 0.6) is 0 Å². The fraction of sp³-hybridized carbons (Fsp3) is 0.200. The zero-order chi connectivity index (χ0) is 12.7. The quantitative estimate of drug-likeness (QED) is 0.729. The van der Waals surface area contributed by atoms with E-state index in [0.717, 1.165) is 5.70 Å². The van der Waals surface area contributed by atoms with Gasteiger partial charge < -0.3 is 5.32 Å². The Morgan fingerprint density at radius 2 is 1.94 bits per heavy atom. The average molecular weight is 245 g/mol. The zero-order valence-electron chi connectivity index (χ0n) is 10.7. The smallest absolute Gasteiger partial charge is 0.0526 e. The molecule has 1 aromatic rings. The van der Waals surface area contributed by atoms with Crippen molar-refractivity contribution in [3.63, 3.8) is 0 Å². The third-order valence-electron chi connectivity index (χ3n) is 2.20. The van der Waals surface area contributed by atoms with Crippen LogP contribution in [0.15, 0.2) is 64.6 Å². The molecule has 1 N–H and O–H groups in total. The molecule has 0 spiro atoms. The van der Waals surface area contributed by atoms with Crippen molar-refractivity contribution in [2.45, 2.75) is 25.7 Å². The number of hydrogen-bond acceptors (Lipinski definition) is 2. The Kier molecular flexibility index (Phi) is 5.64. The number of thioether (sulfide) groups is 1. The van der Waals surface area contributed by atoms with E-state index in [1.54, 1.807) is 11.8 Å². The highest BCUT2D eigenvalue weighted by Gasteiger charge is 2.15. The SMILES string of the molecule is C=C/C=C1/Sc2ccccc2N/C1=C/C.CC. The summed E-state index contributed by atoms with van der Waals surface area (Å²) in [5.74, 6) is 0. The van der Waals surface area contributed by atoms with Crippen molar-refractivity contribution >= 4 is 17.4 Å². The first-order valence-electron chi connectivity index (χ1n) is 5.88. The number of anilines is 1. The molecule has 17 heavy (non-hydrogen) atoms. The molecule has 0 bridgehead atoms. The number of nitrogens with one attached hydrogen (secondary N) is 1. The van der Waals surface area contributed by atoms with Gasteiger partial charge in [0, 0.05) is 15.5 Å². The van der Waals surface area contributed by atoms with E-state index < -0.39 is 0 Å². The first-order valence-corrected chi connectivity index (χ1v) is 6.70.